The van der Waals surface area contributed by atoms with E-state index < -0.39 is 114 Å². The fourth-order valence-corrected chi connectivity index (χ4v) is 7.22. The highest BCUT2D eigenvalue weighted by molar-refractivity contribution is 7.98. The molecule has 23 nitrogen and oxygen atoms in total. The van der Waals surface area contributed by atoms with Crippen molar-refractivity contribution in [1.29, 1.82) is 5.41 Å². The Labute approximate surface area is 405 Å². The number of rotatable bonds is 34. The van der Waals surface area contributed by atoms with E-state index in [9.17, 15) is 53.4 Å². The molecular weight excluding hydrogens is 905 g/mol. The number of nitrogens with two attached hydrogens (primary N) is 3. The number of carbonyl (C=O) groups excluding carboxylic acids is 8. The Bertz CT molecular complexity index is 1690. The van der Waals surface area contributed by atoms with E-state index in [1.807, 2.05) is 13.8 Å². The number of carboxylic acid groups (broad SMARTS) is 1. The van der Waals surface area contributed by atoms with Crippen molar-refractivity contribution >= 4 is 70.9 Å². The van der Waals surface area contributed by atoms with Crippen molar-refractivity contribution in [2.24, 2.45) is 40.9 Å². The molecule has 390 valence electrons. The van der Waals surface area contributed by atoms with Gasteiger partial charge in [0.05, 0.1) is 6.10 Å². The molecule has 0 aromatic carbocycles. The van der Waals surface area contributed by atoms with E-state index in [2.05, 4.69) is 42.5 Å². The van der Waals surface area contributed by atoms with Crippen LogP contribution in [0.1, 0.15) is 120 Å². The minimum absolute atomic E-state index is 0.00706. The van der Waals surface area contributed by atoms with Crippen LogP contribution in [0, 0.1) is 29.1 Å². The van der Waals surface area contributed by atoms with E-state index in [0.717, 1.165) is 0 Å². The molecule has 0 aromatic rings. The van der Waals surface area contributed by atoms with Crippen LogP contribution in [0.25, 0.3) is 0 Å². The van der Waals surface area contributed by atoms with Crippen LogP contribution in [0.4, 0.5) is 0 Å². The number of hydrogen-bond acceptors (Lipinski definition) is 13. The van der Waals surface area contributed by atoms with Gasteiger partial charge in [0.25, 0.3) is 0 Å². The molecular formula is C44H82N12O11S. The van der Waals surface area contributed by atoms with Crippen molar-refractivity contribution in [3.05, 3.63) is 0 Å². The zero-order chi connectivity index (χ0) is 52.4. The molecule has 0 fully saturated rings. The second kappa shape index (κ2) is 32.5. The zero-order valence-corrected chi connectivity index (χ0v) is 42.3. The lowest BCUT2D eigenvalue weighted by Crippen LogP contribution is -2.61. The molecule has 0 aliphatic heterocycles. The van der Waals surface area contributed by atoms with Crippen LogP contribution in [-0.4, -0.2) is 142 Å². The standard InChI is InChI=1S/C44H82N12O11S/c1-11-25(8)35(56-40(63)32(21-24(6)7)55-41(64)34(46)26(9)57)42(65)51-28(16-18-68-10)37(60)50-27(14-15-33(45)58)36(59)53-31(20-23(4)5)39(62)54-30(19-22(2)3)38(61)52-29(43(66)67)13-12-17-49-44(47)48/h22-32,34-35,57H,11-21,46H2,1-10H3,(H2,45,58)(H,50,60)(H,51,65)(H,52,61)(H,53,59)(H,54,62)(H,55,64)(H,56,63)(H,66,67)(H4,47,48,49)/t25-,26+,27-,28-,29-,30-,31-,32-,34-,35-/m0/s1. The SMILES string of the molecule is CC[C@H](C)[C@H](NC(=O)[C@H](CC(C)C)NC(=O)[C@@H](N)[C@@H](C)O)C(=O)N[C@@H](CCSC)C(=O)N[C@@H](CCC(N)=O)C(=O)N[C@@H](CC(C)C)C(=O)N[C@@H](CC(C)C)C(=O)N[C@@H](CCCNC(=N)N)C(=O)O. The van der Waals surface area contributed by atoms with E-state index in [1.165, 1.54) is 18.7 Å². The van der Waals surface area contributed by atoms with Gasteiger partial charge in [-0.3, -0.25) is 43.8 Å². The number of nitrogens with one attached hydrogen (secondary N) is 9. The number of amides is 8. The molecule has 8 amide bonds. The van der Waals surface area contributed by atoms with Gasteiger partial charge in [-0.15, -0.1) is 0 Å². The van der Waals surface area contributed by atoms with Gasteiger partial charge in [-0.25, -0.2) is 4.79 Å². The maximum Gasteiger partial charge on any atom is 0.326 e. The number of aliphatic hydroxyl groups is 1. The van der Waals surface area contributed by atoms with Crippen LogP contribution < -0.4 is 59.7 Å². The largest absolute Gasteiger partial charge is 0.480 e. The van der Waals surface area contributed by atoms with E-state index in [-0.39, 0.29) is 81.6 Å². The minimum atomic E-state index is -1.45. The number of aliphatic hydroxyl groups excluding tert-OH is 1. The summed E-state index contributed by atoms with van der Waals surface area (Å²) >= 11 is 1.37. The number of carbonyl (C=O) groups is 9. The van der Waals surface area contributed by atoms with Crippen molar-refractivity contribution in [3.63, 3.8) is 0 Å². The maximum absolute atomic E-state index is 14.1. The van der Waals surface area contributed by atoms with Gasteiger partial charge in [0.2, 0.25) is 47.3 Å². The van der Waals surface area contributed by atoms with Crippen molar-refractivity contribution in [2.75, 3.05) is 18.6 Å². The molecule has 0 unspecified atom stereocenters. The van der Waals surface area contributed by atoms with Gasteiger partial charge in [-0.1, -0.05) is 61.8 Å². The van der Waals surface area contributed by atoms with E-state index in [4.69, 9.17) is 22.6 Å². The minimum Gasteiger partial charge on any atom is -0.480 e. The molecule has 0 radical (unpaired) electrons. The summed E-state index contributed by atoms with van der Waals surface area (Å²) in [6, 6.07) is -10.1. The molecule has 0 spiro atoms. The zero-order valence-electron chi connectivity index (χ0n) is 41.5. The number of primary amides is 1. The molecule has 68 heavy (non-hydrogen) atoms. The summed E-state index contributed by atoms with van der Waals surface area (Å²) in [6.07, 6.45) is 1.01. The predicted molar refractivity (Wildman–Crippen MR) is 259 cm³/mol. The second-order valence-electron chi connectivity index (χ2n) is 18.5. The molecule has 0 bridgehead atoms. The summed E-state index contributed by atoms with van der Waals surface area (Å²) in [5.41, 5.74) is 16.5. The van der Waals surface area contributed by atoms with Crippen molar-refractivity contribution < 1.29 is 53.4 Å². The van der Waals surface area contributed by atoms with E-state index in [1.54, 1.807) is 47.8 Å². The van der Waals surface area contributed by atoms with Crippen LogP contribution >= 0.6 is 11.8 Å². The lowest BCUT2D eigenvalue weighted by molar-refractivity contribution is -0.142. The summed E-state index contributed by atoms with van der Waals surface area (Å²) < 4.78 is 0. The molecule has 0 saturated carbocycles. The number of guanidine groups is 1. The van der Waals surface area contributed by atoms with Gasteiger partial charge >= 0.3 is 5.97 Å². The van der Waals surface area contributed by atoms with Gasteiger partial charge in [0.15, 0.2) is 5.96 Å². The van der Waals surface area contributed by atoms with Crippen molar-refractivity contribution in [3.8, 4) is 0 Å². The number of hydrogen-bond donors (Lipinski definition) is 14. The number of aliphatic carboxylic acids is 1. The van der Waals surface area contributed by atoms with Crippen LogP contribution in [0.2, 0.25) is 0 Å². The summed E-state index contributed by atoms with van der Waals surface area (Å²) in [7, 11) is 0. The first-order chi connectivity index (χ1) is 31.6. The average molecular weight is 987 g/mol. The summed E-state index contributed by atoms with van der Waals surface area (Å²) in [6.45, 7) is 15.9. The summed E-state index contributed by atoms with van der Waals surface area (Å²) in [5, 5.41) is 47.9. The van der Waals surface area contributed by atoms with Crippen LogP contribution in [0.5, 0.6) is 0 Å². The number of carboxylic acids is 1. The monoisotopic (exact) mass is 987 g/mol. The highest BCUT2D eigenvalue weighted by Gasteiger charge is 2.36. The number of thioether (sulfide) groups is 1. The molecule has 10 atom stereocenters. The van der Waals surface area contributed by atoms with Gasteiger partial charge in [-0.2, -0.15) is 11.8 Å². The molecule has 24 heteroatoms. The Kier molecular flexibility index (Phi) is 30.0. The van der Waals surface area contributed by atoms with Crippen molar-refractivity contribution in [2.45, 2.75) is 175 Å². The van der Waals surface area contributed by atoms with E-state index >= 15 is 0 Å². The summed E-state index contributed by atoms with van der Waals surface area (Å²) in [4.78, 5) is 120. The van der Waals surface area contributed by atoms with Gasteiger partial charge in [0, 0.05) is 13.0 Å². The molecule has 0 aromatic heterocycles. The maximum atomic E-state index is 14.1. The normalized spacial score (nSPS) is 15.8. The first-order valence-electron chi connectivity index (χ1n) is 23.3. The first-order valence-corrected chi connectivity index (χ1v) is 24.7. The highest BCUT2D eigenvalue weighted by Crippen LogP contribution is 2.14. The fraction of sp³-hybridized carbons (Fsp3) is 0.773. The molecule has 0 aliphatic carbocycles. The smallest absolute Gasteiger partial charge is 0.326 e. The quantitative estimate of drug-likeness (QED) is 0.0201. The molecule has 0 aliphatic rings. The molecule has 0 rings (SSSR count). The second-order valence-corrected chi connectivity index (χ2v) is 19.5. The molecule has 0 saturated heterocycles. The van der Waals surface area contributed by atoms with Gasteiger partial charge in [0.1, 0.15) is 48.3 Å². The first kappa shape index (κ1) is 62.8. The lowest BCUT2D eigenvalue weighted by atomic mass is 9.96. The Balaban J connectivity index is 6.60. The average Bonchev–Trinajstić information content (AvgIpc) is 3.23. The summed E-state index contributed by atoms with van der Waals surface area (Å²) in [5.74, 6) is -8.30. The van der Waals surface area contributed by atoms with Gasteiger partial charge < -0.3 is 69.9 Å². The third kappa shape index (κ3) is 25.2. The van der Waals surface area contributed by atoms with Crippen LogP contribution in [-0.2, 0) is 43.2 Å². The fourth-order valence-electron chi connectivity index (χ4n) is 6.75. The van der Waals surface area contributed by atoms with Crippen LogP contribution in [0.15, 0.2) is 0 Å². The topological polar surface area (TPSA) is 392 Å². The Hall–Kier alpha value is -5.23. The predicted octanol–water partition coefficient (Wildman–Crippen LogP) is -1.36. The Morgan fingerprint density at radius 3 is 1.37 bits per heavy atom. The molecule has 17 N–H and O–H groups in total. The Morgan fingerprint density at radius 2 is 0.971 bits per heavy atom. The van der Waals surface area contributed by atoms with Crippen molar-refractivity contribution in [1.82, 2.24) is 42.5 Å². The van der Waals surface area contributed by atoms with E-state index in [0.29, 0.717) is 12.2 Å². The lowest BCUT2D eigenvalue weighted by Gasteiger charge is -2.30. The third-order valence-corrected chi connectivity index (χ3v) is 11.4. The highest BCUT2D eigenvalue weighted by atomic mass is 32.2. The Morgan fingerprint density at radius 1 is 0.574 bits per heavy atom. The molecule has 0 heterocycles. The third-order valence-electron chi connectivity index (χ3n) is 10.8. The van der Waals surface area contributed by atoms with Crippen LogP contribution in [0.3, 0.4) is 0 Å². The van der Waals surface area contributed by atoms with Gasteiger partial charge in [-0.05, 0) is 87.5 Å².